The number of azide groups is 1. The van der Waals surface area contributed by atoms with Crippen molar-refractivity contribution in [3.8, 4) is 0 Å². The molecule has 0 unspecified atom stereocenters. The molecule has 0 fully saturated rings. The quantitative estimate of drug-likeness (QED) is 0.0666. The van der Waals surface area contributed by atoms with E-state index in [1.807, 2.05) is 92.7 Å². The van der Waals surface area contributed by atoms with Crippen molar-refractivity contribution in [2.45, 2.75) is 83.2 Å². The monoisotopic (exact) mass is 718 g/mol. The molecule has 13 nitrogen and oxygen atoms in total. The molecular weight excluding hydrogens is 669 g/mol. The van der Waals surface area contributed by atoms with Crippen LogP contribution in [0, 0.1) is 5.92 Å². The standard InChI is InChI=1S/C37H50N8O5S/c1-25(2)19-32(35(46)41-31(17-18-51(3,49)50)20-27-9-13-29(23-38)14-10-27)42-36(47)33(21-28-11-15-30(24-39)16-12-28)43-37(48)34(44-45-40)22-26-7-5-4-6-8-26/h4-16,25,31-34H,17-24,38-39H2,1-3H3,(H,41,46)(H,42,47)(H,43,48)/t31-,32+,33-,34+/m1/s1. The molecule has 3 aromatic rings. The zero-order chi connectivity index (χ0) is 37.4. The van der Waals surface area contributed by atoms with Crippen LogP contribution in [0.1, 0.15) is 54.5 Å². The number of nitrogens with zero attached hydrogens (tertiary/aromatic N) is 3. The van der Waals surface area contributed by atoms with E-state index in [-0.39, 0.29) is 37.4 Å². The van der Waals surface area contributed by atoms with Crippen LogP contribution in [0.25, 0.3) is 10.4 Å². The normalized spacial score (nSPS) is 13.7. The molecule has 0 aromatic heterocycles. The highest BCUT2D eigenvalue weighted by Crippen LogP contribution is 2.14. The fourth-order valence-corrected chi connectivity index (χ4v) is 6.28. The highest BCUT2D eigenvalue weighted by molar-refractivity contribution is 7.90. The maximum Gasteiger partial charge on any atom is 0.243 e. The molecule has 0 aliphatic carbocycles. The van der Waals surface area contributed by atoms with E-state index >= 15 is 0 Å². The Morgan fingerprint density at radius 2 is 1.20 bits per heavy atom. The van der Waals surface area contributed by atoms with Gasteiger partial charge < -0.3 is 27.4 Å². The van der Waals surface area contributed by atoms with Gasteiger partial charge in [-0.15, -0.1) is 0 Å². The minimum atomic E-state index is -3.32. The average Bonchev–Trinajstić information content (AvgIpc) is 3.10. The van der Waals surface area contributed by atoms with Crippen molar-refractivity contribution in [2.24, 2.45) is 22.5 Å². The van der Waals surface area contributed by atoms with Crippen molar-refractivity contribution in [1.82, 2.24) is 16.0 Å². The van der Waals surface area contributed by atoms with Crippen LogP contribution in [-0.4, -0.2) is 62.3 Å². The smallest absolute Gasteiger partial charge is 0.243 e. The third-order valence-electron chi connectivity index (χ3n) is 8.36. The molecule has 0 bridgehead atoms. The van der Waals surface area contributed by atoms with E-state index in [9.17, 15) is 28.3 Å². The molecule has 7 N–H and O–H groups in total. The van der Waals surface area contributed by atoms with E-state index < -0.39 is 51.7 Å². The second-order valence-electron chi connectivity index (χ2n) is 13.2. The molecule has 0 aliphatic rings. The predicted octanol–water partition coefficient (Wildman–Crippen LogP) is 3.25. The van der Waals surface area contributed by atoms with Crippen LogP contribution in [0.5, 0.6) is 0 Å². The number of amides is 3. The second kappa shape index (κ2) is 20.2. The number of carbonyl (C=O) groups excluding carboxylic acids is 3. The Morgan fingerprint density at radius 3 is 1.71 bits per heavy atom. The lowest BCUT2D eigenvalue weighted by Crippen LogP contribution is -2.57. The van der Waals surface area contributed by atoms with E-state index in [0.29, 0.717) is 19.5 Å². The Bertz CT molecular complexity index is 1730. The van der Waals surface area contributed by atoms with Crippen molar-refractivity contribution >= 4 is 27.6 Å². The van der Waals surface area contributed by atoms with Crippen LogP contribution in [0.4, 0.5) is 0 Å². The van der Waals surface area contributed by atoms with Gasteiger partial charge in [-0.1, -0.05) is 97.8 Å². The summed E-state index contributed by atoms with van der Waals surface area (Å²) < 4.78 is 24.1. The van der Waals surface area contributed by atoms with Gasteiger partial charge >= 0.3 is 0 Å². The molecule has 3 rings (SSSR count). The summed E-state index contributed by atoms with van der Waals surface area (Å²) in [5.74, 6) is -1.84. The number of hydrogen-bond acceptors (Lipinski definition) is 8. The summed E-state index contributed by atoms with van der Waals surface area (Å²) in [5.41, 5.74) is 25.0. The Hall–Kier alpha value is -4.75. The van der Waals surface area contributed by atoms with Gasteiger partial charge in [0.05, 0.1) is 5.75 Å². The maximum absolute atomic E-state index is 14.0. The summed E-state index contributed by atoms with van der Waals surface area (Å²) >= 11 is 0. The number of nitrogens with two attached hydrogens (primary N) is 2. The van der Waals surface area contributed by atoms with Gasteiger partial charge in [0, 0.05) is 36.7 Å². The largest absolute Gasteiger partial charge is 0.351 e. The Labute approximate surface area is 300 Å². The predicted molar refractivity (Wildman–Crippen MR) is 199 cm³/mol. The second-order valence-corrected chi connectivity index (χ2v) is 15.5. The Balaban J connectivity index is 1.86. The molecule has 3 aromatic carbocycles. The van der Waals surface area contributed by atoms with Crippen molar-refractivity contribution in [3.05, 3.63) is 117 Å². The molecule has 51 heavy (non-hydrogen) atoms. The van der Waals surface area contributed by atoms with E-state index in [1.54, 1.807) is 0 Å². The summed E-state index contributed by atoms with van der Waals surface area (Å²) in [6, 6.07) is 20.1. The van der Waals surface area contributed by atoms with Gasteiger partial charge in [0.2, 0.25) is 17.7 Å². The zero-order valence-corrected chi connectivity index (χ0v) is 30.3. The number of nitrogens with one attached hydrogen (secondary N) is 3. The summed E-state index contributed by atoms with van der Waals surface area (Å²) in [4.78, 5) is 44.3. The summed E-state index contributed by atoms with van der Waals surface area (Å²) in [5, 5.41) is 12.3. The molecule has 0 heterocycles. The fourth-order valence-electron chi connectivity index (χ4n) is 5.56. The van der Waals surface area contributed by atoms with Crippen molar-refractivity contribution in [1.29, 1.82) is 0 Å². The molecule has 0 saturated carbocycles. The fraction of sp³-hybridized carbons (Fsp3) is 0.432. The molecule has 4 atom stereocenters. The van der Waals surface area contributed by atoms with Gasteiger partial charge in [0.15, 0.2) is 0 Å². The van der Waals surface area contributed by atoms with Crippen LogP contribution < -0.4 is 27.4 Å². The third-order valence-corrected chi connectivity index (χ3v) is 9.34. The van der Waals surface area contributed by atoms with E-state index in [1.165, 1.54) is 0 Å². The first-order valence-electron chi connectivity index (χ1n) is 17.0. The van der Waals surface area contributed by atoms with Gasteiger partial charge in [0.1, 0.15) is 28.0 Å². The van der Waals surface area contributed by atoms with Crippen LogP contribution in [-0.2, 0) is 56.6 Å². The number of hydrogen-bond donors (Lipinski definition) is 5. The Morgan fingerprint density at radius 1 is 0.706 bits per heavy atom. The highest BCUT2D eigenvalue weighted by Gasteiger charge is 2.30. The molecular formula is C37H50N8O5S. The first kappa shape index (κ1) is 40.7. The van der Waals surface area contributed by atoms with Gasteiger partial charge in [-0.05, 0) is 64.9 Å². The topological polar surface area (TPSA) is 222 Å². The van der Waals surface area contributed by atoms with E-state index in [2.05, 4.69) is 26.0 Å². The van der Waals surface area contributed by atoms with Crippen molar-refractivity contribution in [2.75, 3.05) is 12.0 Å². The number of rotatable bonds is 20. The number of sulfone groups is 1. The summed E-state index contributed by atoms with van der Waals surface area (Å²) in [6.07, 6.45) is 2.18. The minimum Gasteiger partial charge on any atom is -0.351 e. The first-order chi connectivity index (χ1) is 24.3. The van der Waals surface area contributed by atoms with Crippen LogP contribution in [0.2, 0.25) is 0 Å². The average molecular weight is 719 g/mol. The molecule has 14 heteroatoms. The molecule has 0 radical (unpaired) electrons. The SMILES string of the molecule is CC(C)C[C@H](NC(=O)[C@@H](Cc1ccc(CN)cc1)NC(=O)[C@H](Cc1ccccc1)N=[N+]=[N-])C(=O)N[C@H](CCS(C)(=O)=O)Cc1ccc(CN)cc1. The van der Waals surface area contributed by atoms with Crippen LogP contribution >= 0.6 is 0 Å². The lowest BCUT2D eigenvalue weighted by Gasteiger charge is -2.27. The van der Waals surface area contributed by atoms with Crippen LogP contribution in [0.3, 0.4) is 0 Å². The molecule has 3 amide bonds. The molecule has 0 saturated heterocycles. The van der Waals surface area contributed by atoms with E-state index in [0.717, 1.165) is 34.1 Å². The van der Waals surface area contributed by atoms with Gasteiger partial charge in [0.25, 0.3) is 0 Å². The number of carbonyl (C=O) groups is 3. The highest BCUT2D eigenvalue weighted by atomic mass is 32.2. The number of benzene rings is 3. The van der Waals surface area contributed by atoms with E-state index in [4.69, 9.17) is 11.5 Å². The molecule has 0 spiro atoms. The molecule has 0 aliphatic heterocycles. The summed E-state index contributed by atoms with van der Waals surface area (Å²) in [6.45, 7) is 4.55. The minimum absolute atomic E-state index is 0.00334. The first-order valence-corrected chi connectivity index (χ1v) is 19.1. The van der Waals surface area contributed by atoms with Crippen molar-refractivity contribution in [3.63, 3.8) is 0 Å². The van der Waals surface area contributed by atoms with Crippen molar-refractivity contribution < 1.29 is 22.8 Å². The van der Waals surface area contributed by atoms with Gasteiger partial charge in [-0.3, -0.25) is 14.4 Å². The molecule has 274 valence electrons. The lowest BCUT2D eigenvalue weighted by atomic mass is 9.98. The zero-order valence-electron chi connectivity index (χ0n) is 29.5. The summed E-state index contributed by atoms with van der Waals surface area (Å²) in [7, 11) is -3.32. The van der Waals surface area contributed by atoms with Gasteiger partial charge in [-0.25, -0.2) is 8.42 Å². The van der Waals surface area contributed by atoms with Crippen LogP contribution in [0.15, 0.2) is 84.0 Å². The lowest BCUT2D eigenvalue weighted by molar-refractivity contribution is -0.132. The third kappa shape index (κ3) is 14.6. The Kier molecular flexibility index (Phi) is 16.1. The van der Waals surface area contributed by atoms with Gasteiger partial charge in [-0.2, -0.15) is 0 Å². The maximum atomic E-state index is 14.0.